The normalized spacial score (nSPS) is 17.1. The highest BCUT2D eigenvalue weighted by Gasteiger charge is 2.28. The van der Waals surface area contributed by atoms with Crippen LogP contribution in [-0.2, 0) is 17.6 Å². The van der Waals surface area contributed by atoms with Crippen molar-refractivity contribution >= 4 is 17.0 Å². The molecule has 0 bridgehead atoms. The summed E-state index contributed by atoms with van der Waals surface area (Å²) in [6.45, 7) is 5.54. The van der Waals surface area contributed by atoms with Crippen LogP contribution in [0.2, 0.25) is 0 Å². The van der Waals surface area contributed by atoms with E-state index in [1.54, 1.807) is 0 Å². The number of hydrogen-bond acceptors (Lipinski definition) is 3. The van der Waals surface area contributed by atoms with E-state index in [0.717, 1.165) is 29.4 Å². The molecule has 1 aromatic carbocycles. The summed E-state index contributed by atoms with van der Waals surface area (Å²) in [6, 6.07) is 7.96. The van der Waals surface area contributed by atoms with Gasteiger partial charge in [-0.3, -0.25) is 0 Å². The van der Waals surface area contributed by atoms with Gasteiger partial charge in [-0.15, -0.1) is 0 Å². The topological polar surface area (TPSA) is 77.9 Å². The van der Waals surface area contributed by atoms with Crippen LogP contribution in [0.4, 0.5) is 4.79 Å². The number of alkyl carbamates (subject to hydrolysis) is 1. The van der Waals surface area contributed by atoms with Gasteiger partial charge in [-0.2, -0.15) is 5.26 Å². The van der Waals surface area contributed by atoms with Crippen molar-refractivity contribution in [2.24, 2.45) is 0 Å². The molecule has 0 aliphatic heterocycles. The molecule has 0 radical (unpaired) electrons. The van der Waals surface area contributed by atoms with Crippen LogP contribution >= 0.6 is 0 Å². The van der Waals surface area contributed by atoms with Gasteiger partial charge in [0.15, 0.2) is 0 Å². The highest BCUT2D eigenvalue weighted by molar-refractivity contribution is 5.90. The first-order valence-electron chi connectivity index (χ1n) is 7.39. The summed E-state index contributed by atoms with van der Waals surface area (Å²) >= 11 is 0. The summed E-state index contributed by atoms with van der Waals surface area (Å²) in [5.74, 6) is 0. The number of para-hydroxylation sites is 1. The molecular weight excluding hydrogens is 278 g/mol. The lowest BCUT2D eigenvalue weighted by molar-refractivity contribution is 0.0506. The minimum absolute atomic E-state index is 0.0336. The van der Waals surface area contributed by atoms with Gasteiger partial charge < -0.3 is 15.0 Å². The predicted molar refractivity (Wildman–Crippen MR) is 83.6 cm³/mol. The molecule has 2 N–H and O–H groups in total. The molecule has 1 heterocycles. The molecule has 0 saturated heterocycles. The molecule has 0 saturated carbocycles. The molecule has 1 aliphatic carbocycles. The average molecular weight is 297 g/mol. The van der Waals surface area contributed by atoms with Crippen LogP contribution in [0.15, 0.2) is 18.2 Å². The lowest BCUT2D eigenvalue weighted by atomic mass is 10.1. The third-order valence-corrected chi connectivity index (χ3v) is 3.77. The highest BCUT2D eigenvalue weighted by atomic mass is 16.6. The van der Waals surface area contributed by atoms with Crippen molar-refractivity contribution in [2.45, 2.75) is 45.3 Å². The minimum atomic E-state index is -0.495. The van der Waals surface area contributed by atoms with E-state index in [1.807, 2.05) is 39.0 Å². The van der Waals surface area contributed by atoms with Crippen LogP contribution in [0.1, 0.15) is 37.6 Å². The standard InChI is InChI=1S/C17H19N3O2/c1-17(2,3)22-16(21)19-11-7-13-12-6-4-5-10(9-18)15(12)20-14(13)8-11/h4-6,11,20H,7-8H2,1-3H3,(H,19,21). The lowest BCUT2D eigenvalue weighted by Crippen LogP contribution is -2.39. The maximum Gasteiger partial charge on any atom is 0.407 e. The van der Waals surface area contributed by atoms with E-state index in [0.29, 0.717) is 5.56 Å². The van der Waals surface area contributed by atoms with Crippen LogP contribution in [0, 0.1) is 11.3 Å². The van der Waals surface area contributed by atoms with Crippen molar-refractivity contribution in [3.8, 4) is 6.07 Å². The second kappa shape index (κ2) is 5.06. The van der Waals surface area contributed by atoms with Crippen molar-refractivity contribution in [3.05, 3.63) is 35.0 Å². The van der Waals surface area contributed by atoms with Crippen molar-refractivity contribution in [1.29, 1.82) is 5.26 Å². The number of aromatic nitrogens is 1. The zero-order valence-electron chi connectivity index (χ0n) is 13.0. The Morgan fingerprint density at radius 1 is 1.41 bits per heavy atom. The molecule has 2 aromatic rings. The molecule has 1 atom stereocenters. The number of benzene rings is 1. The van der Waals surface area contributed by atoms with E-state index in [1.165, 1.54) is 5.56 Å². The van der Waals surface area contributed by atoms with Crippen LogP contribution < -0.4 is 5.32 Å². The summed E-state index contributed by atoms with van der Waals surface area (Å²) in [7, 11) is 0. The molecular formula is C17H19N3O2. The average Bonchev–Trinajstić information content (AvgIpc) is 2.92. The molecule has 5 nitrogen and oxygen atoms in total. The SMILES string of the molecule is CC(C)(C)OC(=O)NC1Cc2[nH]c3c(C#N)cccc3c2C1. The number of nitriles is 1. The quantitative estimate of drug-likeness (QED) is 0.849. The second-order valence-corrected chi connectivity index (χ2v) is 6.67. The number of nitrogens with zero attached hydrogens (tertiary/aromatic N) is 1. The number of aromatic amines is 1. The molecule has 3 rings (SSSR count). The van der Waals surface area contributed by atoms with E-state index in [9.17, 15) is 4.79 Å². The third-order valence-electron chi connectivity index (χ3n) is 3.77. The van der Waals surface area contributed by atoms with E-state index in [2.05, 4.69) is 16.4 Å². The zero-order chi connectivity index (χ0) is 15.9. The van der Waals surface area contributed by atoms with E-state index >= 15 is 0 Å². The third kappa shape index (κ3) is 2.64. The smallest absolute Gasteiger partial charge is 0.407 e. The Morgan fingerprint density at radius 3 is 2.86 bits per heavy atom. The number of hydrogen-bond donors (Lipinski definition) is 2. The Morgan fingerprint density at radius 2 is 2.18 bits per heavy atom. The van der Waals surface area contributed by atoms with Crippen LogP contribution in [0.25, 0.3) is 10.9 Å². The highest BCUT2D eigenvalue weighted by Crippen LogP contribution is 2.31. The predicted octanol–water partition coefficient (Wildman–Crippen LogP) is 3.03. The number of ether oxygens (including phenoxy) is 1. The molecule has 1 amide bonds. The van der Waals surface area contributed by atoms with Crippen molar-refractivity contribution in [2.75, 3.05) is 0 Å². The fourth-order valence-corrected chi connectivity index (χ4v) is 2.97. The molecule has 1 aromatic heterocycles. The summed E-state index contributed by atoms with van der Waals surface area (Å²) in [4.78, 5) is 15.2. The Bertz CT molecular complexity index is 778. The van der Waals surface area contributed by atoms with Gasteiger partial charge in [0, 0.05) is 23.5 Å². The summed E-state index contributed by atoms with van der Waals surface area (Å²) in [6.07, 6.45) is 1.10. The van der Waals surface area contributed by atoms with Gasteiger partial charge in [-0.25, -0.2) is 4.79 Å². The van der Waals surface area contributed by atoms with Gasteiger partial charge in [0.1, 0.15) is 11.7 Å². The largest absolute Gasteiger partial charge is 0.444 e. The van der Waals surface area contributed by atoms with Gasteiger partial charge >= 0.3 is 6.09 Å². The number of carbonyl (C=O) groups is 1. The monoisotopic (exact) mass is 297 g/mol. The van der Waals surface area contributed by atoms with Crippen molar-refractivity contribution in [3.63, 3.8) is 0 Å². The Hall–Kier alpha value is -2.48. The van der Waals surface area contributed by atoms with Crippen LogP contribution in [0.5, 0.6) is 0 Å². The maximum atomic E-state index is 11.9. The number of H-pyrrole nitrogens is 1. The minimum Gasteiger partial charge on any atom is -0.444 e. The number of nitrogens with one attached hydrogen (secondary N) is 2. The first-order chi connectivity index (χ1) is 10.4. The van der Waals surface area contributed by atoms with Crippen molar-refractivity contribution < 1.29 is 9.53 Å². The van der Waals surface area contributed by atoms with Gasteiger partial charge in [-0.1, -0.05) is 12.1 Å². The van der Waals surface area contributed by atoms with Crippen molar-refractivity contribution in [1.82, 2.24) is 10.3 Å². The fourth-order valence-electron chi connectivity index (χ4n) is 2.97. The van der Waals surface area contributed by atoms with Gasteiger partial charge in [0.05, 0.1) is 11.1 Å². The van der Waals surface area contributed by atoms with E-state index in [4.69, 9.17) is 10.00 Å². The summed E-state index contributed by atoms with van der Waals surface area (Å²) < 4.78 is 5.30. The Balaban J connectivity index is 1.77. The van der Waals surface area contributed by atoms with Crippen LogP contribution in [0.3, 0.4) is 0 Å². The molecule has 0 spiro atoms. The molecule has 22 heavy (non-hydrogen) atoms. The second-order valence-electron chi connectivity index (χ2n) is 6.67. The van der Waals surface area contributed by atoms with Crippen LogP contribution in [-0.4, -0.2) is 22.7 Å². The Labute approximate surface area is 129 Å². The van der Waals surface area contributed by atoms with Gasteiger partial charge in [0.25, 0.3) is 0 Å². The Kier molecular flexibility index (Phi) is 3.32. The zero-order valence-corrected chi connectivity index (χ0v) is 13.0. The summed E-state index contributed by atoms with van der Waals surface area (Å²) in [5, 5.41) is 13.1. The number of amides is 1. The number of carbonyl (C=O) groups excluding carboxylic acids is 1. The molecule has 0 fully saturated rings. The van der Waals surface area contributed by atoms with Gasteiger partial charge in [0.2, 0.25) is 0 Å². The number of fused-ring (bicyclic) bond motifs is 3. The first kappa shape index (κ1) is 14.5. The molecule has 5 heteroatoms. The number of rotatable bonds is 1. The van der Waals surface area contributed by atoms with E-state index < -0.39 is 5.60 Å². The lowest BCUT2D eigenvalue weighted by Gasteiger charge is -2.21. The molecule has 114 valence electrons. The van der Waals surface area contributed by atoms with E-state index in [-0.39, 0.29) is 12.1 Å². The first-order valence-corrected chi connectivity index (χ1v) is 7.39. The molecule has 1 unspecified atom stereocenters. The molecule has 1 aliphatic rings. The fraction of sp³-hybridized carbons (Fsp3) is 0.412. The maximum absolute atomic E-state index is 11.9. The van der Waals surface area contributed by atoms with Gasteiger partial charge in [-0.05, 0) is 38.8 Å². The summed E-state index contributed by atoms with van der Waals surface area (Å²) in [5.41, 5.74) is 3.34.